The first-order chi connectivity index (χ1) is 9.03. The van der Waals surface area contributed by atoms with Crippen molar-refractivity contribution in [1.82, 2.24) is 4.90 Å². The Morgan fingerprint density at radius 2 is 1.95 bits per heavy atom. The zero-order valence-corrected chi connectivity index (χ0v) is 13.1. The number of carbonyl (C=O) groups is 3. The Labute approximate surface area is 120 Å². The van der Waals surface area contributed by atoms with Gasteiger partial charge in [-0.1, -0.05) is 6.92 Å². The molecule has 1 amide bonds. The van der Waals surface area contributed by atoms with Crippen LogP contribution in [0.15, 0.2) is 0 Å². The van der Waals surface area contributed by atoms with E-state index in [0.717, 1.165) is 0 Å². The average molecular weight is 283 g/mol. The maximum atomic E-state index is 12.1. The van der Waals surface area contributed by atoms with E-state index >= 15 is 0 Å². The highest BCUT2D eigenvalue weighted by Crippen LogP contribution is 2.32. The minimum Gasteiger partial charge on any atom is -0.444 e. The third-order valence-corrected chi connectivity index (χ3v) is 3.50. The fraction of sp³-hybridized carbons (Fsp3) is 0.800. The summed E-state index contributed by atoms with van der Waals surface area (Å²) in [6, 6.07) is 0. The van der Waals surface area contributed by atoms with Crippen LogP contribution in [-0.4, -0.2) is 41.3 Å². The minimum absolute atomic E-state index is 0.0633. The molecule has 20 heavy (non-hydrogen) atoms. The predicted octanol–water partition coefficient (Wildman–Crippen LogP) is 2.57. The topological polar surface area (TPSA) is 63.7 Å². The lowest BCUT2D eigenvalue weighted by Crippen LogP contribution is -2.51. The first-order valence-electron chi connectivity index (χ1n) is 7.04. The van der Waals surface area contributed by atoms with Crippen LogP contribution in [0.4, 0.5) is 4.79 Å². The number of likely N-dealkylation sites (tertiary alicyclic amines) is 1. The van der Waals surface area contributed by atoms with E-state index in [1.807, 2.05) is 27.7 Å². The molecule has 0 aliphatic carbocycles. The molecule has 0 aromatic carbocycles. The lowest BCUT2D eigenvalue weighted by atomic mass is 9.76. The molecule has 0 radical (unpaired) electrons. The van der Waals surface area contributed by atoms with Gasteiger partial charge in [0.25, 0.3) is 0 Å². The van der Waals surface area contributed by atoms with Crippen LogP contribution in [0.5, 0.6) is 0 Å². The fourth-order valence-electron chi connectivity index (χ4n) is 2.28. The van der Waals surface area contributed by atoms with E-state index in [4.69, 9.17) is 4.74 Å². The van der Waals surface area contributed by atoms with Crippen LogP contribution in [0.1, 0.15) is 53.9 Å². The molecule has 0 bridgehead atoms. The highest BCUT2D eigenvalue weighted by molar-refractivity contribution is 5.88. The molecule has 5 heteroatoms. The molecule has 0 unspecified atom stereocenters. The number of rotatable bonds is 3. The van der Waals surface area contributed by atoms with Crippen molar-refractivity contribution in [2.45, 2.75) is 59.5 Å². The van der Waals surface area contributed by atoms with Crippen molar-refractivity contribution in [3.8, 4) is 0 Å². The zero-order chi connectivity index (χ0) is 15.6. The van der Waals surface area contributed by atoms with E-state index in [-0.39, 0.29) is 17.7 Å². The van der Waals surface area contributed by atoms with E-state index < -0.39 is 11.0 Å². The van der Waals surface area contributed by atoms with Crippen molar-refractivity contribution in [2.75, 3.05) is 13.1 Å². The van der Waals surface area contributed by atoms with Gasteiger partial charge in [0.05, 0.1) is 0 Å². The largest absolute Gasteiger partial charge is 0.444 e. The number of carbonyl (C=O) groups excluding carboxylic acids is 3. The van der Waals surface area contributed by atoms with Gasteiger partial charge in [-0.25, -0.2) is 4.79 Å². The number of hydrogen-bond acceptors (Lipinski definition) is 4. The molecule has 0 spiro atoms. The summed E-state index contributed by atoms with van der Waals surface area (Å²) < 4.78 is 5.34. The zero-order valence-electron chi connectivity index (χ0n) is 13.1. The summed E-state index contributed by atoms with van der Waals surface area (Å²) in [5.41, 5.74) is -1.19. The Kier molecular flexibility index (Phi) is 4.95. The van der Waals surface area contributed by atoms with Crippen molar-refractivity contribution >= 4 is 17.7 Å². The summed E-state index contributed by atoms with van der Waals surface area (Å²) in [7, 11) is 0. The molecule has 114 valence electrons. The molecule has 1 atom stereocenters. The van der Waals surface area contributed by atoms with Crippen LogP contribution in [0.3, 0.4) is 0 Å². The maximum Gasteiger partial charge on any atom is 0.410 e. The second kappa shape index (κ2) is 5.94. The van der Waals surface area contributed by atoms with E-state index in [2.05, 4.69) is 0 Å². The van der Waals surface area contributed by atoms with Gasteiger partial charge in [-0.05, 0) is 34.1 Å². The van der Waals surface area contributed by atoms with Gasteiger partial charge in [-0.15, -0.1) is 0 Å². The Morgan fingerprint density at radius 1 is 1.35 bits per heavy atom. The first-order valence-corrected chi connectivity index (χ1v) is 7.04. The van der Waals surface area contributed by atoms with Gasteiger partial charge in [0.15, 0.2) is 0 Å². The van der Waals surface area contributed by atoms with Crippen molar-refractivity contribution in [2.24, 2.45) is 5.41 Å². The van der Waals surface area contributed by atoms with E-state index in [1.165, 1.54) is 6.92 Å². The maximum absolute atomic E-state index is 12.1. The van der Waals surface area contributed by atoms with Crippen molar-refractivity contribution < 1.29 is 19.1 Å². The fourth-order valence-corrected chi connectivity index (χ4v) is 2.28. The first kappa shape index (κ1) is 16.7. The van der Waals surface area contributed by atoms with Crippen LogP contribution in [0.25, 0.3) is 0 Å². The predicted molar refractivity (Wildman–Crippen MR) is 75.5 cm³/mol. The Hall–Kier alpha value is -1.39. The number of hydrogen-bond donors (Lipinski definition) is 0. The molecule has 1 saturated heterocycles. The van der Waals surface area contributed by atoms with Crippen LogP contribution >= 0.6 is 0 Å². The lowest BCUT2D eigenvalue weighted by molar-refractivity contribution is -0.133. The number of amides is 1. The summed E-state index contributed by atoms with van der Waals surface area (Å²) in [4.78, 5) is 36.9. The van der Waals surface area contributed by atoms with Crippen LogP contribution < -0.4 is 0 Å². The van der Waals surface area contributed by atoms with Crippen molar-refractivity contribution in [3.63, 3.8) is 0 Å². The smallest absolute Gasteiger partial charge is 0.410 e. The van der Waals surface area contributed by atoms with Crippen molar-refractivity contribution in [3.05, 3.63) is 0 Å². The van der Waals surface area contributed by atoms with Crippen LogP contribution in [-0.2, 0) is 14.3 Å². The van der Waals surface area contributed by atoms with Gasteiger partial charge >= 0.3 is 6.09 Å². The highest BCUT2D eigenvalue weighted by Gasteiger charge is 2.40. The Balaban J connectivity index is 2.72. The minimum atomic E-state index is -0.638. The normalized spacial score (nSPS) is 23.6. The van der Waals surface area contributed by atoms with E-state index in [1.54, 1.807) is 4.90 Å². The number of nitrogens with zero attached hydrogens (tertiary/aromatic N) is 1. The van der Waals surface area contributed by atoms with E-state index in [0.29, 0.717) is 32.4 Å². The summed E-state index contributed by atoms with van der Waals surface area (Å²) in [6.45, 7) is 9.51. The summed E-state index contributed by atoms with van der Waals surface area (Å²) in [5, 5.41) is 0. The SMILES string of the molecule is CC(=O)CC[C@]1(C)CN(C(=O)OC(C)(C)C)CCC1=O. The summed E-state index contributed by atoms with van der Waals surface area (Å²) >= 11 is 0. The molecule has 0 aromatic rings. The Bertz CT molecular complexity index is 411. The molecule has 0 aromatic heterocycles. The second-order valence-corrected chi connectivity index (χ2v) is 6.84. The number of piperidine rings is 1. The molecular formula is C15H25NO4. The monoisotopic (exact) mass is 283 g/mol. The van der Waals surface area contributed by atoms with Gasteiger partial charge in [-0.2, -0.15) is 0 Å². The lowest BCUT2D eigenvalue weighted by Gasteiger charge is -2.39. The molecule has 1 rings (SSSR count). The third-order valence-electron chi connectivity index (χ3n) is 3.50. The number of Topliss-reactive ketones (excluding diaryl/α,β-unsaturated/α-hetero) is 2. The van der Waals surface area contributed by atoms with Gasteiger partial charge in [-0.3, -0.25) is 4.79 Å². The molecule has 1 fully saturated rings. The molecule has 1 aliphatic rings. The van der Waals surface area contributed by atoms with Crippen LogP contribution in [0, 0.1) is 5.41 Å². The van der Waals surface area contributed by atoms with Crippen LogP contribution in [0.2, 0.25) is 0 Å². The second-order valence-electron chi connectivity index (χ2n) is 6.84. The van der Waals surface area contributed by atoms with Gasteiger partial charge < -0.3 is 14.4 Å². The van der Waals surface area contributed by atoms with Gasteiger partial charge in [0.2, 0.25) is 0 Å². The standard InChI is InChI=1S/C15H25NO4/c1-11(17)6-8-15(5)10-16(9-7-12(15)18)13(19)20-14(2,3)4/h6-10H2,1-5H3/t15-/m1/s1. The average Bonchev–Trinajstić information content (AvgIpc) is 2.28. The number of ether oxygens (including phenoxy) is 1. The third kappa shape index (κ3) is 4.62. The van der Waals surface area contributed by atoms with Gasteiger partial charge in [0, 0.05) is 31.3 Å². The molecule has 1 aliphatic heterocycles. The molecule has 0 N–H and O–H groups in total. The van der Waals surface area contributed by atoms with Crippen molar-refractivity contribution in [1.29, 1.82) is 0 Å². The molecule has 1 heterocycles. The highest BCUT2D eigenvalue weighted by atomic mass is 16.6. The molecule has 0 saturated carbocycles. The van der Waals surface area contributed by atoms with Gasteiger partial charge in [0.1, 0.15) is 17.2 Å². The quantitative estimate of drug-likeness (QED) is 0.798. The number of ketones is 2. The summed E-state index contributed by atoms with van der Waals surface area (Å²) in [5.74, 6) is 0.187. The molecule has 5 nitrogen and oxygen atoms in total. The molecular weight excluding hydrogens is 258 g/mol. The Morgan fingerprint density at radius 3 is 2.45 bits per heavy atom. The summed E-state index contributed by atoms with van der Waals surface area (Å²) in [6.07, 6.45) is 0.789. The van der Waals surface area contributed by atoms with E-state index in [9.17, 15) is 14.4 Å².